The zero-order valence-corrected chi connectivity index (χ0v) is 16.0. The van der Waals surface area contributed by atoms with Crippen LogP contribution in [0.3, 0.4) is 0 Å². The van der Waals surface area contributed by atoms with Crippen LogP contribution in [0.25, 0.3) is 0 Å². The van der Waals surface area contributed by atoms with Crippen LogP contribution in [0.4, 0.5) is 4.39 Å². The average molecular weight is 400 g/mol. The molecule has 144 valence electrons. The van der Waals surface area contributed by atoms with Crippen molar-refractivity contribution >= 4 is 17.5 Å². The molecule has 0 aliphatic rings. The summed E-state index contributed by atoms with van der Waals surface area (Å²) in [5.74, 6) is 0.726. The highest BCUT2D eigenvalue weighted by molar-refractivity contribution is 6.32. The summed E-state index contributed by atoms with van der Waals surface area (Å²) in [6, 6.07) is 18.5. The fraction of sp³-hybridized carbons (Fsp3) is 0.136. The molecule has 0 heterocycles. The molecule has 1 amide bonds. The van der Waals surface area contributed by atoms with E-state index in [1.54, 1.807) is 30.3 Å². The van der Waals surface area contributed by atoms with Crippen molar-refractivity contribution in [2.75, 3.05) is 7.11 Å². The Morgan fingerprint density at radius 2 is 1.68 bits per heavy atom. The Kier molecular flexibility index (Phi) is 6.50. The van der Waals surface area contributed by atoms with Crippen molar-refractivity contribution < 1.29 is 18.7 Å². The van der Waals surface area contributed by atoms with E-state index >= 15 is 0 Å². The van der Waals surface area contributed by atoms with Gasteiger partial charge in [-0.15, -0.1) is 0 Å². The Labute approximate surface area is 167 Å². The van der Waals surface area contributed by atoms with Gasteiger partial charge in [0.15, 0.2) is 0 Å². The van der Waals surface area contributed by atoms with Crippen LogP contribution < -0.4 is 14.8 Å². The molecule has 0 aromatic heterocycles. The second-order valence-corrected chi connectivity index (χ2v) is 6.50. The first kappa shape index (κ1) is 19.7. The molecule has 0 unspecified atom stereocenters. The number of hydrogen-bond acceptors (Lipinski definition) is 3. The number of rotatable bonds is 7. The molecule has 28 heavy (non-hydrogen) atoms. The largest absolute Gasteiger partial charge is 0.495 e. The molecule has 0 spiro atoms. The second-order valence-electron chi connectivity index (χ2n) is 6.09. The first-order valence-electron chi connectivity index (χ1n) is 8.63. The molecule has 0 bridgehead atoms. The van der Waals surface area contributed by atoms with Crippen molar-refractivity contribution in [3.05, 3.63) is 94.3 Å². The Hall–Kier alpha value is -3.05. The molecule has 3 rings (SSSR count). The number of amides is 1. The maximum Gasteiger partial charge on any atom is 0.251 e. The predicted molar refractivity (Wildman–Crippen MR) is 106 cm³/mol. The van der Waals surface area contributed by atoms with E-state index < -0.39 is 0 Å². The van der Waals surface area contributed by atoms with Gasteiger partial charge in [0.25, 0.3) is 5.91 Å². The number of benzene rings is 3. The lowest BCUT2D eigenvalue weighted by atomic mass is 10.2. The number of carbonyl (C=O) groups is 1. The Bertz CT molecular complexity index is 943. The monoisotopic (exact) mass is 399 g/mol. The number of methoxy groups -OCH3 is 1. The summed E-state index contributed by atoms with van der Waals surface area (Å²) in [7, 11) is 1.52. The minimum Gasteiger partial charge on any atom is -0.495 e. The summed E-state index contributed by atoms with van der Waals surface area (Å²) < 4.78 is 23.7. The van der Waals surface area contributed by atoms with Gasteiger partial charge < -0.3 is 14.8 Å². The molecule has 0 saturated heterocycles. The van der Waals surface area contributed by atoms with Crippen LogP contribution in [0.15, 0.2) is 66.7 Å². The second kappa shape index (κ2) is 9.24. The average Bonchev–Trinajstić information content (AvgIpc) is 2.72. The van der Waals surface area contributed by atoms with Crippen LogP contribution in [-0.4, -0.2) is 13.0 Å². The number of halogens is 2. The van der Waals surface area contributed by atoms with Gasteiger partial charge in [0, 0.05) is 12.1 Å². The van der Waals surface area contributed by atoms with Gasteiger partial charge in [0.2, 0.25) is 0 Å². The van der Waals surface area contributed by atoms with E-state index in [4.69, 9.17) is 21.1 Å². The number of hydrogen-bond donors (Lipinski definition) is 1. The van der Waals surface area contributed by atoms with E-state index in [1.165, 1.54) is 19.2 Å². The number of nitrogens with one attached hydrogen (secondary N) is 1. The van der Waals surface area contributed by atoms with Crippen LogP contribution in [0.5, 0.6) is 11.5 Å². The molecule has 0 aliphatic heterocycles. The summed E-state index contributed by atoms with van der Waals surface area (Å²) >= 11 is 6.05. The molecule has 0 radical (unpaired) electrons. The van der Waals surface area contributed by atoms with Crippen LogP contribution in [-0.2, 0) is 13.2 Å². The summed E-state index contributed by atoms with van der Waals surface area (Å²) in [6.45, 7) is 0.731. The predicted octanol–water partition coefficient (Wildman–Crippen LogP) is 5.00. The maximum absolute atomic E-state index is 12.9. The molecule has 6 heteroatoms. The van der Waals surface area contributed by atoms with Crippen LogP contribution in [0.2, 0.25) is 5.02 Å². The van der Waals surface area contributed by atoms with E-state index in [1.807, 2.05) is 24.3 Å². The highest BCUT2D eigenvalue weighted by atomic mass is 35.5. The topological polar surface area (TPSA) is 47.6 Å². The molecule has 1 N–H and O–H groups in total. The highest BCUT2D eigenvalue weighted by Crippen LogP contribution is 2.25. The summed E-state index contributed by atoms with van der Waals surface area (Å²) in [4.78, 5) is 12.3. The van der Waals surface area contributed by atoms with E-state index in [0.717, 1.165) is 11.1 Å². The zero-order valence-electron chi connectivity index (χ0n) is 15.2. The molecular weight excluding hydrogens is 381 g/mol. The van der Waals surface area contributed by atoms with Crippen molar-refractivity contribution in [2.24, 2.45) is 0 Å². The summed E-state index contributed by atoms with van der Waals surface area (Å²) in [5.41, 5.74) is 2.28. The van der Waals surface area contributed by atoms with Gasteiger partial charge in [-0.2, -0.15) is 0 Å². The lowest BCUT2D eigenvalue weighted by molar-refractivity contribution is 0.0951. The molecule has 0 fully saturated rings. The smallest absolute Gasteiger partial charge is 0.251 e. The third-order valence-electron chi connectivity index (χ3n) is 4.11. The Balaban J connectivity index is 1.51. The van der Waals surface area contributed by atoms with Gasteiger partial charge in [-0.1, -0.05) is 35.9 Å². The van der Waals surface area contributed by atoms with Crippen molar-refractivity contribution in [1.82, 2.24) is 5.32 Å². The van der Waals surface area contributed by atoms with Crippen LogP contribution >= 0.6 is 11.6 Å². The van der Waals surface area contributed by atoms with Gasteiger partial charge in [-0.25, -0.2) is 4.39 Å². The quantitative estimate of drug-likeness (QED) is 0.608. The molecule has 0 saturated carbocycles. The van der Waals surface area contributed by atoms with Gasteiger partial charge in [-0.3, -0.25) is 4.79 Å². The van der Waals surface area contributed by atoms with Crippen LogP contribution in [0, 0.1) is 5.82 Å². The first-order chi connectivity index (χ1) is 13.5. The molecule has 3 aromatic carbocycles. The van der Waals surface area contributed by atoms with E-state index in [9.17, 15) is 9.18 Å². The van der Waals surface area contributed by atoms with Crippen molar-refractivity contribution in [3.8, 4) is 11.5 Å². The minimum absolute atomic E-state index is 0.221. The minimum atomic E-state index is -0.271. The van der Waals surface area contributed by atoms with E-state index in [0.29, 0.717) is 35.2 Å². The summed E-state index contributed by atoms with van der Waals surface area (Å²) in [6.07, 6.45) is 0. The van der Waals surface area contributed by atoms with Gasteiger partial charge in [-0.05, 0) is 53.6 Å². The molecule has 3 aromatic rings. The SMILES string of the molecule is COc1ccc(C(=O)NCc2ccc(OCc3ccc(F)cc3)cc2)cc1Cl. The zero-order chi connectivity index (χ0) is 19.9. The highest BCUT2D eigenvalue weighted by Gasteiger charge is 2.09. The third-order valence-corrected chi connectivity index (χ3v) is 4.40. The van der Waals surface area contributed by atoms with E-state index in [-0.39, 0.29) is 11.7 Å². The van der Waals surface area contributed by atoms with Gasteiger partial charge in [0.05, 0.1) is 12.1 Å². The van der Waals surface area contributed by atoms with Crippen molar-refractivity contribution in [3.63, 3.8) is 0 Å². The fourth-order valence-corrected chi connectivity index (χ4v) is 2.80. The Morgan fingerprint density at radius 1 is 1.00 bits per heavy atom. The van der Waals surface area contributed by atoms with Gasteiger partial charge >= 0.3 is 0 Å². The van der Waals surface area contributed by atoms with Crippen LogP contribution in [0.1, 0.15) is 21.5 Å². The molecule has 4 nitrogen and oxygen atoms in total. The van der Waals surface area contributed by atoms with E-state index in [2.05, 4.69) is 5.32 Å². The maximum atomic E-state index is 12.9. The van der Waals surface area contributed by atoms with Gasteiger partial charge in [0.1, 0.15) is 23.9 Å². The molecule has 0 atom stereocenters. The lowest BCUT2D eigenvalue weighted by Gasteiger charge is -2.09. The molecular formula is C22H19ClFNO3. The standard InChI is InChI=1S/C22H19ClFNO3/c1-27-21-11-6-17(12-20(21)23)22(26)25-13-15-4-9-19(10-5-15)28-14-16-2-7-18(24)8-3-16/h2-12H,13-14H2,1H3,(H,25,26). The van der Waals surface area contributed by atoms with Crippen molar-refractivity contribution in [2.45, 2.75) is 13.2 Å². The first-order valence-corrected chi connectivity index (χ1v) is 9.01. The number of carbonyl (C=O) groups excluding carboxylic acids is 1. The summed E-state index contributed by atoms with van der Waals surface area (Å²) in [5, 5.41) is 3.23. The fourth-order valence-electron chi connectivity index (χ4n) is 2.54. The van der Waals surface area contributed by atoms with Crippen molar-refractivity contribution in [1.29, 1.82) is 0 Å². The molecule has 0 aliphatic carbocycles. The Morgan fingerprint density at radius 3 is 2.32 bits per heavy atom. The normalized spacial score (nSPS) is 10.4. The third kappa shape index (κ3) is 5.24. The number of ether oxygens (including phenoxy) is 2. The lowest BCUT2D eigenvalue weighted by Crippen LogP contribution is -2.22.